The molecule has 0 aliphatic carbocycles. The van der Waals surface area contributed by atoms with E-state index in [1.807, 2.05) is 19.1 Å². The Hall–Kier alpha value is -2.29. The Morgan fingerprint density at radius 2 is 1.25 bits per heavy atom. The molecule has 0 bridgehead atoms. The SMILES string of the molecule is CCCCCCCCCC(=O)OC(C)c1ccc(-c2ccc(OCCCCC)cc2)cc1. The molecule has 0 spiro atoms. The lowest BCUT2D eigenvalue weighted by Gasteiger charge is -2.14. The number of unbranched alkanes of at least 4 members (excludes halogenated alkanes) is 8. The highest BCUT2D eigenvalue weighted by Gasteiger charge is 2.12. The molecule has 1 unspecified atom stereocenters. The molecule has 32 heavy (non-hydrogen) atoms. The molecule has 0 saturated carbocycles. The molecule has 0 aromatic heterocycles. The quantitative estimate of drug-likeness (QED) is 0.194. The third-order valence-electron chi connectivity index (χ3n) is 5.88. The molecule has 3 heteroatoms. The smallest absolute Gasteiger partial charge is 0.306 e. The second-order valence-electron chi connectivity index (χ2n) is 8.71. The van der Waals surface area contributed by atoms with E-state index in [4.69, 9.17) is 9.47 Å². The first-order valence-corrected chi connectivity index (χ1v) is 12.7. The number of ether oxygens (including phenoxy) is 2. The minimum Gasteiger partial charge on any atom is -0.494 e. The third-order valence-corrected chi connectivity index (χ3v) is 5.88. The molecule has 0 amide bonds. The van der Waals surface area contributed by atoms with Crippen LogP contribution in [-0.4, -0.2) is 12.6 Å². The van der Waals surface area contributed by atoms with Crippen molar-refractivity contribution in [2.75, 3.05) is 6.61 Å². The zero-order chi connectivity index (χ0) is 23.0. The van der Waals surface area contributed by atoms with Gasteiger partial charge in [-0.1, -0.05) is 102 Å². The Morgan fingerprint density at radius 1 is 0.719 bits per heavy atom. The van der Waals surface area contributed by atoms with Crippen molar-refractivity contribution in [1.82, 2.24) is 0 Å². The van der Waals surface area contributed by atoms with Crippen molar-refractivity contribution < 1.29 is 14.3 Å². The maximum absolute atomic E-state index is 12.2. The number of rotatable bonds is 16. The van der Waals surface area contributed by atoms with Gasteiger partial charge in [0.25, 0.3) is 0 Å². The van der Waals surface area contributed by atoms with E-state index >= 15 is 0 Å². The second kappa shape index (κ2) is 15.5. The fraction of sp³-hybridized carbons (Fsp3) is 0.552. The van der Waals surface area contributed by atoms with E-state index in [2.05, 4.69) is 50.2 Å². The first-order chi connectivity index (χ1) is 15.6. The molecule has 0 aliphatic heterocycles. The molecule has 2 aromatic carbocycles. The van der Waals surface area contributed by atoms with Crippen LogP contribution in [0.5, 0.6) is 5.75 Å². The number of carbonyl (C=O) groups excluding carboxylic acids is 1. The molecule has 1 atom stereocenters. The first-order valence-electron chi connectivity index (χ1n) is 12.7. The van der Waals surface area contributed by atoms with Gasteiger partial charge in [0, 0.05) is 6.42 Å². The normalized spacial score (nSPS) is 11.8. The average Bonchev–Trinajstić information content (AvgIpc) is 2.82. The predicted molar refractivity (Wildman–Crippen MR) is 134 cm³/mol. The summed E-state index contributed by atoms with van der Waals surface area (Å²) in [5.41, 5.74) is 3.33. The van der Waals surface area contributed by atoms with E-state index in [0.717, 1.165) is 48.3 Å². The lowest BCUT2D eigenvalue weighted by Crippen LogP contribution is -2.08. The highest BCUT2D eigenvalue weighted by molar-refractivity contribution is 5.69. The van der Waals surface area contributed by atoms with Crippen LogP contribution in [0.2, 0.25) is 0 Å². The topological polar surface area (TPSA) is 35.5 Å². The Labute approximate surface area is 195 Å². The zero-order valence-electron chi connectivity index (χ0n) is 20.4. The van der Waals surface area contributed by atoms with Crippen LogP contribution in [-0.2, 0) is 9.53 Å². The van der Waals surface area contributed by atoms with Crippen molar-refractivity contribution >= 4 is 5.97 Å². The average molecular weight is 439 g/mol. The van der Waals surface area contributed by atoms with Gasteiger partial charge >= 0.3 is 5.97 Å². The molecule has 2 rings (SSSR count). The predicted octanol–water partition coefficient (Wildman–Crippen LogP) is 8.67. The van der Waals surface area contributed by atoms with Gasteiger partial charge in [0.15, 0.2) is 0 Å². The van der Waals surface area contributed by atoms with Crippen molar-refractivity contribution in [2.45, 2.75) is 97.5 Å². The van der Waals surface area contributed by atoms with Gasteiger partial charge < -0.3 is 9.47 Å². The highest BCUT2D eigenvalue weighted by atomic mass is 16.5. The minimum absolute atomic E-state index is 0.0929. The van der Waals surface area contributed by atoms with Crippen molar-refractivity contribution in [3.63, 3.8) is 0 Å². The lowest BCUT2D eigenvalue weighted by atomic mass is 10.0. The molecule has 0 radical (unpaired) electrons. The standard InChI is InChI=1S/C29H42O3/c1-4-6-8-9-10-11-12-14-29(30)32-24(3)25-15-17-26(18-16-25)27-19-21-28(22-20-27)31-23-13-7-5-2/h15-22,24H,4-14,23H2,1-3H3. The van der Waals surface area contributed by atoms with Gasteiger partial charge in [-0.3, -0.25) is 4.79 Å². The van der Waals surface area contributed by atoms with Crippen molar-refractivity contribution in [3.05, 3.63) is 54.1 Å². The van der Waals surface area contributed by atoms with E-state index in [9.17, 15) is 4.79 Å². The van der Waals surface area contributed by atoms with Gasteiger partial charge in [-0.15, -0.1) is 0 Å². The van der Waals surface area contributed by atoms with Gasteiger partial charge in [-0.05, 0) is 48.6 Å². The fourth-order valence-corrected chi connectivity index (χ4v) is 3.78. The Morgan fingerprint density at radius 3 is 1.88 bits per heavy atom. The Kier molecular flexibility index (Phi) is 12.6. The Balaban J connectivity index is 1.74. The number of carbonyl (C=O) groups is 1. The zero-order valence-corrected chi connectivity index (χ0v) is 20.4. The molecule has 176 valence electrons. The van der Waals surface area contributed by atoms with E-state index in [1.165, 1.54) is 44.9 Å². The van der Waals surface area contributed by atoms with E-state index in [0.29, 0.717) is 6.42 Å². The molecule has 2 aromatic rings. The Bertz CT molecular complexity index is 749. The van der Waals surface area contributed by atoms with Crippen molar-refractivity contribution in [3.8, 4) is 16.9 Å². The van der Waals surface area contributed by atoms with Crippen LogP contribution < -0.4 is 4.74 Å². The van der Waals surface area contributed by atoms with Crippen LogP contribution in [0.15, 0.2) is 48.5 Å². The molecular formula is C29H42O3. The number of hydrogen-bond acceptors (Lipinski definition) is 3. The minimum atomic E-state index is -0.222. The summed E-state index contributed by atoms with van der Waals surface area (Å²) in [4.78, 5) is 12.2. The summed E-state index contributed by atoms with van der Waals surface area (Å²) in [7, 11) is 0. The largest absolute Gasteiger partial charge is 0.494 e. The molecule has 0 aliphatic rings. The summed E-state index contributed by atoms with van der Waals surface area (Å²) in [5.74, 6) is 0.827. The molecule has 3 nitrogen and oxygen atoms in total. The lowest BCUT2D eigenvalue weighted by molar-refractivity contribution is -0.148. The summed E-state index contributed by atoms with van der Waals surface area (Å²) >= 11 is 0. The van der Waals surface area contributed by atoms with Gasteiger partial charge in [-0.2, -0.15) is 0 Å². The van der Waals surface area contributed by atoms with Crippen LogP contribution in [0.3, 0.4) is 0 Å². The number of hydrogen-bond donors (Lipinski definition) is 0. The summed E-state index contributed by atoms with van der Waals surface area (Å²) in [6.07, 6.45) is 12.2. The summed E-state index contributed by atoms with van der Waals surface area (Å²) in [6.45, 7) is 7.15. The summed E-state index contributed by atoms with van der Waals surface area (Å²) in [5, 5.41) is 0. The molecule has 0 saturated heterocycles. The van der Waals surface area contributed by atoms with Crippen LogP contribution in [0.25, 0.3) is 11.1 Å². The van der Waals surface area contributed by atoms with Gasteiger partial charge in [-0.25, -0.2) is 0 Å². The van der Waals surface area contributed by atoms with Gasteiger partial charge in [0.05, 0.1) is 6.61 Å². The van der Waals surface area contributed by atoms with Crippen molar-refractivity contribution in [1.29, 1.82) is 0 Å². The fourth-order valence-electron chi connectivity index (χ4n) is 3.78. The van der Waals surface area contributed by atoms with Gasteiger partial charge in [0.1, 0.15) is 11.9 Å². The maximum atomic E-state index is 12.2. The first kappa shape index (κ1) is 26.0. The molecule has 0 N–H and O–H groups in total. The highest BCUT2D eigenvalue weighted by Crippen LogP contribution is 2.26. The van der Waals surface area contributed by atoms with Crippen LogP contribution in [0.4, 0.5) is 0 Å². The van der Waals surface area contributed by atoms with Gasteiger partial charge in [0.2, 0.25) is 0 Å². The van der Waals surface area contributed by atoms with E-state index < -0.39 is 0 Å². The second-order valence-corrected chi connectivity index (χ2v) is 8.71. The number of benzene rings is 2. The van der Waals surface area contributed by atoms with Crippen LogP contribution in [0, 0.1) is 0 Å². The van der Waals surface area contributed by atoms with Crippen LogP contribution in [0.1, 0.15) is 103 Å². The summed E-state index contributed by atoms with van der Waals surface area (Å²) in [6, 6.07) is 16.5. The monoisotopic (exact) mass is 438 g/mol. The molecular weight excluding hydrogens is 396 g/mol. The van der Waals surface area contributed by atoms with Crippen molar-refractivity contribution in [2.24, 2.45) is 0 Å². The van der Waals surface area contributed by atoms with Crippen LogP contribution >= 0.6 is 0 Å². The molecule has 0 fully saturated rings. The molecule has 0 heterocycles. The number of esters is 1. The third kappa shape index (κ3) is 9.89. The summed E-state index contributed by atoms with van der Waals surface area (Å²) < 4.78 is 11.4. The van der Waals surface area contributed by atoms with E-state index in [-0.39, 0.29) is 12.1 Å². The maximum Gasteiger partial charge on any atom is 0.306 e. The van der Waals surface area contributed by atoms with E-state index in [1.54, 1.807) is 0 Å².